The van der Waals surface area contributed by atoms with Gasteiger partial charge in [0.05, 0.1) is 12.3 Å². The van der Waals surface area contributed by atoms with Crippen molar-refractivity contribution in [3.05, 3.63) is 23.7 Å². The second kappa shape index (κ2) is 9.01. The summed E-state index contributed by atoms with van der Waals surface area (Å²) in [5.41, 5.74) is 0. The highest BCUT2D eigenvalue weighted by molar-refractivity contribution is 7.98. The van der Waals surface area contributed by atoms with Gasteiger partial charge in [-0.3, -0.25) is 0 Å². The van der Waals surface area contributed by atoms with E-state index >= 15 is 0 Å². The summed E-state index contributed by atoms with van der Waals surface area (Å²) in [4.78, 5) is 0. The van der Waals surface area contributed by atoms with Crippen LogP contribution in [0.5, 0.6) is 0 Å². The summed E-state index contributed by atoms with van der Waals surface area (Å²) in [6.45, 7) is 1.50. The summed E-state index contributed by atoms with van der Waals surface area (Å²) in [5.74, 6) is 1.81. The lowest BCUT2D eigenvalue weighted by molar-refractivity contribution is 0.251. The third-order valence-electron chi connectivity index (χ3n) is 2.29. The van der Waals surface area contributed by atoms with Crippen molar-refractivity contribution in [2.75, 3.05) is 6.54 Å². The third kappa shape index (κ3) is 6.67. The zero-order valence-corrected chi connectivity index (χ0v) is 10.9. The first kappa shape index (κ1) is 15.1. The minimum Gasteiger partial charge on any atom is -0.464 e. The van der Waals surface area contributed by atoms with Crippen molar-refractivity contribution in [3.8, 4) is 12.3 Å². The van der Waals surface area contributed by atoms with E-state index in [1.807, 2.05) is 6.07 Å². The molecule has 0 saturated carbocycles. The predicted octanol–water partition coefficient (Wildman–Crippen LogP) is 3.63. The highest BCUT2D eigenvalue weighted by atomic mass is 32.2. The fraction of sp³-hybridized carbons (Fsp3) is 0.538. The molecule has 0 saturated heterocycles. The Labute approximate surface area is 111 Å². The average Bonchev–Trinajstić information content (AvgIpc) is 2.79. The van der Waals surface area contributed by atoms with Gasteiger partial charge in [0.1, 0.15) is 11.5 Å². The highest BCUT2D eigenvalue weighted by Gasteiger charge is 2.06. The molecule has 0 aromatic carbocycles. The van der Waals surface area contributed by atoms with Gasteiger partial charge in [-0.1, -0.05) is 11.8 Å². The van der Waals surface area contributed by atoms with Crippen LogP contribution in [0.4, 0.5) is 8.78 Å². The van der Waals surface area contributed by atoms with Gasteiger partial charge in [-0.25, -0.2) is 0 Å². The fourth-order valence-corrected chi connectivity index (χ4v) is 1.87. The molecule has 0 unspecified atom stereocenters. The van der Waals surface area contributed by atoms with E-state index in [1.165, 1.54) is 0 Å². The number of unbranched alkanes of at least 4 members (excludes halogenated alkanes) is 2. The molecule has 1 aromatic heterocycles. The fourth-order valence-electron chi connectivity index (χ4n) is 1.43. The Hall–Kier alpha value is -0.990. The van der Waals surface area contributed by atoms with Crippen molar-refractivity contribution in [1.29, 1.82) is 0 Å². The molecule has 0 bridgehead atoms. The molecule has 0 aliphatic rings. The number of furan rings is 1. The largest absolute Gasteiger partial charge is 0.464 e. The summed E-state index contributed by atoms with van der Waals surface area (Å²) >= 11 is 0.569. The minimum atomic E-state index is -2.35. The van der Waals surface area contributed by atoms with Gasteiger partial charge in [0, 0.05) is 6.42 Å². The Bertz CT molecular complexity index is 373. The second-order valence-electron chi connectivity index (χ2n) is 3.78. The molecule has 1 aromatic rings. The van der Waals surface area contributed by atoms with Crippen molar-refractivity contribution < 1.29 is 13.2 Å². The van der Waals surface area contributed by atoms with Gasteiger partial charge in [-0.05, 0) is 31.5 Å². The van der Waals surface area contributed by atoms with Crippen LogP contribution < -0.4 is 5.32 Å². The quantitative estimate of drug-likeness (QED) is 0.549. The van der Waals surface area contributed by atoms with E-state index in [4.69, 9.17) is 10.8 Å². The Kier molecular flexibility index (Phi) is 7.54. The van der Waals surface area contributed by atoms with Gasteiger partial charge in [0.25, 0.3) is 5.76 Å². The molecule has 0 aliphatic heterocycles. The van der Waals surface area contributed by atoms with Gasteiger partial charge in [0.15, 0.2) is 0 Å². The van der Waals surface area contributed by atoms with E-state index in [0.717, 1.165) is 31.6 Å². The zero-order valence-electron chi connectivity index (χ0n) is 10.1. The smallest absolute Gasteiger partial charge is 0.284 e. The normalized spacial score (nSPS) is 10.8. The molecule has 0 spiro atoms. The van der Waals surface area contributed by atoms with Crippen molar-refractivity contribution >= 4 is 11.8 Å². The van der Waals surface area contributed by atoms with Crippen LogP contribution in [0.2, 0.25) is 0 Å². The van der Waals surface area contributed by atoms with Crippen LogP contribution in [0, 0.1) is 12.3 Å². The first-order chi connectivity index (χ1) is 8.72. The van der Waals surface area contributed by atoms with E-state index in [9.17, 15) is 8.78 Å². The number of terminal acetylenes is 1. The SMILES string of the molecule is C#CCCCCNCc1ccc(CSC(F)F)o1. The Morgan fingerprint density at radius 3 is 2.83 bits per heavy atom. The van der Waals surface area contributed by atoms with E-state index in [2.05, 4.69) is 11.2 Å². The maximum Gasteiger partial charge on any atom is 0.284 e. The Morgan fingerprint density at radius 1 is 1.33 bits per heavy atom. The predicted molar refractivity (Wildman–Crippen MR) is 70.4 cm³/mol. The van der Waals surface area contributed by atoms with Crippen LogP contribution in [0.15, 0.2) is 16.5 Å². The number of hydrogen-bond donors (Lipinski definition) is 1. The van der Waals surface area contributed by atoms with Crippen LogP contribution in [0.3, 0.4) is 0 Å². The lowest BCUT2D eigenvalue weighted by Crippen LogP contribution is -2.14. The Balaban J connectivity index is 2.13. The molecule has 1 N–H and O–H groups in total. The maximum absolute atomic E-state index is 12.0. The van der Waals surface area contributed by atoms with E-state index in [1.54, 1.807) is 6.07 Å². The first-order valence-corrected chi connectivity index (χ1v) is 6.88. The number of rotatable bonds is 9. The molecular weight excluding hydrogens is 256 g/mol. The first-order valence-electron chi connectivity index (χ1n) is 5.84. The molecule has 1 rings (SSSR count). The van der Waals surface area contributed by atoms with Crippen LogP contribution in [0.25, 0.3) is 0 Å². The van der Waals surface area contributed by atoms with Gasteiger partial charge < -0.3 is 9.73 Å². The second-order valence-corrected chi connectivity index (χ2v) is 4.76. The molecule has 0 aliphatic carbocycles. The molecule has 0 atom stereocenters. The average molecular weight is 273 g/mol. The third-order valence-corrected chi connectivity index (χ3v) is 3.00. The molecule has 2 nitrogen and oxygen atoms in total. The number of nitrogens with one attached hydrogen (secondary N) is 1. The van der Waals surface area contributed by atoms with E-state index in [0.29, 0.717) is 24.1 Å². The molecule has 0 fully saturated rings. The lowest BCUT2D eigenvalue weighted by Gasteiger charge is -2.01. The standard InChI is InChI=1S/C13H17F2NOS/c1-2-3-4-5-8-16-9-11-6-7-12(17-11)10-18-13(14)15/h1,6-7,13,16H,3-5,8-10H2. The summed E-state index contributed by atoms with van der Waals surface area (Å²) < 4.78 is 29.4. The lowest BCUT2D eigenvalue weighted by atomic mass is 10.2. The van der Waals surface area contributed by atoms with Crippen molar-refractivity contribution in [2.45, 2.75) is 37.3 Å². The molecule has 100 valence electrons. The summed E-state index contributed by atoms with van der Waals surface area (Å²) in [7, 11) is 0. The molecule has 1 heterocycles. The van der Waals surface area contributed by atoms with Crippen LogP contribution >= 0.6 is 11.8 Å². The summed E-state index contributed by atoms with van der Waals surface area (Å²) in [6.07, 6.45) is 7.99. The van der Waals surface area contributed by atoms with Gasteiger partial charge in [0.2, 0.25) is 0 Å². The number of hydrogen-bond acceptors (Lipinski definition) is 3. The van der Waals surface area contributed by atoms with Gasteiger partial charge in [-0.15, -0.1) is 12.3 Å². The number of alkyl halides is 2. The minimum absolute atomic E-state index is 0.208. The van der Waals surface area contributed by atoms with Crippen LogP contribution in [-0.4, -0.2) is 12.3 Å². The molecule has 0 radical (unpaired) electrons. The Morgan fingerprint density at radius 2 is 2.11 bits per heavy atom. The van der Waals surface area contributed by atoms with Crippen LogP contribution in [0.1, 0.15) is 30.8 Å². The molecular formula is C13H17F2NOS. The van der Waals surface area contributed by atoms with Crippen molar-refractivity contribution in [3.63, 3.8) is 0 Å². The zero-order chi connectivity index (χ0) is 13.2. The van der Waals surface area contributed by atoms with E-state index in [-0.39, 0.29) is 5.75 Å². The molecule has 18 heavy (non-hydrogen) atoms. The molecule has 5 heteroatoms. The monoisotopic (exact) mass is 273 g/mol. The molecule has 0 amide bonds. The van der Waals surface area contributed by atoms with Gasteiger partial charge >= 0.3 is 0 Å². The summed E-state index contributed by atoms with van der Waals surface area (Å²) in [6, 6.07) is 3.56. The van der Waals surface area contributed by atoms with Crippen molar-refractivity contribution in [1.82, 2.24) is 5.32 Å². The highest BCUT2D eigenvalue weighted by Crippen LogP contribution is 2.21. The number of halogens is 2. The van der Waals surface area contributed by atoms with Crippen molar-refractivity contribution in [2.24, 2.45) is 0 Å². The maximum atomic E-state index is 12.0. The van der Waals surface area contributed by atoms with E-state index < -0.39 is 5.76 Å². The topological polar surface area (TPSA) is 25.2 Å². The van der Waals surface area contributed by atoms with Gasteiger partial charge in [-0.2, -0.15) is 8.78 Å². The van der Waals surface area contributed by atoms with Crippen LogP contribution in [-0.2, 0) is 12.3 Å². The summed E-state index contributed by atoms with van der Waals surface area (Å²) in [5, 5.41) is 3.22. The number of thioether (sulfide) groups is 1.